The molecule has 156 valence electrons. The Morgan fingerprint density at radius 1 is 1.00 bits per heavy atom. The molecule has 0 spiro atoms. The van der Waals surface area contributed by atoms with E-state index in [2.05, 4.69) is 5.32 Å². The molecule has 0 saturated carbocycles. The highest BCUT2D eigenvalue weighted by Crippen LogP contribution is 2.27. The highest BCUT2D eigenvalue weighted by atomic mass is 35.5. The fraction of sp³-hybridized carbons (Fsp3) is 0.391. The molecule has 0 saturated heterocycles. The molecule has 1 N–H and O–H groups in total. The third-order valence-corrected chi connectivity index (χ3v) is 5.26. The van der Waals surface area contributed by atoms with Crippen molar-refractivity contribution in [3.8, 4) is 0 Å². The Labute approximate surface area is 183 Å². The third kappa shape index (κ3) is 6.76. The van der Waals surface area contributed by atoms with Crippen molar-refractivity contribution in [1.82, 2.24) is 10.2 Å². The summed E-state index contributed by atoms with van der Waals surface area (Å²) in [6, 6.07) is 14.2. The Hall–Kier alpha value is -2.04. The maximum absolute atomic E-state index is 13.1. The molecule has 0 heterocycles. The summed E-state index contributed by atoms with van der Waals surface area (Å²) in [7, 11) is 0. The van der Waals surface area contributed by atoms with Crippen LogP contribution in [0.25, 0.3) is 0 Å². The molecule has 0 bridgehead atoms. The maximum Gasteiger partial charge on any atom is 0.243 e. The van der Waals surface area contributed by atoms with Crippen LogP contribution >= 0.6 is 23.2 Å². The van der Waals surface area contributed by atoms with E-state index in [4.69, 9.17) is 23.2 Å². The van der Waals surface area contributed by atoms with E-state index in [0.29, 0.717) is 34.9 Å². The lowest BCUT2D eigenvalue weighted by atomic mass is 10.0. The van der Waals surface area contributed by atoms with Gasteiger partial charge >= 0.3 is 0 Å². The summed E-state index contributed by atoms with van der Waals surface area (Å²) >= 11 is 12.7. The molecule has 2 aromatic rings. The van der Waals surface area contributed by atoms with Gasteiger partial charge in [0.25, 0.3) is 0 Å². The van der Waals surface area contributed by atoms with Crippen molar-refractivity contribution in [1.29, 1.82) is 0 Å². The normalized spacial score (nSPS) is 11.9. The molecular weight excluding hydrogens is 407 g/mol. The number of rotatable bonds is 9. The molecule has 4 nitrogen and oxygen atoms in total. The Bertz CT molecular complexity index is 805. The first-order chi connectivity index (χ1) is 13.8. The van der Waals surface area contributed by atoms with Crippen LogP contribution in [0.1, 0.15) is 44.7 Å². The molecule has 0 aliphatic rings. The van der Waals surface area contributed by atoms with E-state index in [-0.39, 0.29) is 24.4 Å². The summed E-state index contributed by atoms with van der Waals surface area (Å²) in [6.07, 6.45) is 1.45. The van der Waals surface area contributed by atoms with Gasteiger partial charge in [0.15, 0.2) is 0 Å². The largest absolute Gasteiger partial charge is 0.352 e. The van der Waals surface area contributed by atoms with Crippen molar-refractivity contribution in [3.63, 3.8) is 0 Å². The molecule has 0 aromatic heterocycles. The SMILES string of the molecule is CCCC(=O)N(Cc1c(Cl)cccc1Cl)[C@H](Cc1ccccc1)C(=O)NC(C)C. The molecule has 2 amide bonds. The molecule has 29 heavy (non-hydrogen) atoms. The quantitative estimate of drug-likeness (QED) is 0.584. The molecule has 0 unspecified atom stereocenters. The number of benzene rings is 2. The van der Waals surface area contributed by atoms with Crippen LogP contribution in [0.3, 0.4) is 0 Å². The van der Waals surface area contributed by atoms with Crippen molar-refractivity contribution in [3.05, 3.63) is 69.7 Å². The first-order valence-corrected chi connectivity index (χ1v) is 10.7. The number of halogens is 2. The Balaban J connectivity index is 2.44. The number of nitrogens with one attached hydrogen (secondary N) is 1. The van der Waals surface area contributed by atoms with Gasteiger partial charge in [-0.1, -0.05) is 66.5 Å². The van der Waals surface area contributed by atoms with Crippen molar-refractivity contribution in [2.75, 3.05) is 0 Å². The highest BCUT2D eigenvalue weighted by molar-refractivity contribution is 6.36. The van der Waals surface area contributed by atoms with Gasteiger partial charge in [0.2, 0.25) is 11.8 Å². The van der Waals surface area contributed by atoms with Crippen LogP contribution in [-0.2, 0) is 22.6 Å². The van der Waals surface area contributed by atoms with Crippen LogP contribution in [0.2, 0.25) is 10.0 Å². The lowest BCUT2D eigenvalue weighted by molar-refractivity contribution is -0.141. The summed E-state index contributed by atoms with van der Waals surface area (Å²) in [5, 5.41) is 3.92. The summed E-state index contributed by atoms with van der Waals surface area (Å²) in [4.78, 5) is 27.8. The van der Waals surface area contributed by atoms with E-state index >= 15 is 0 Å². The van der Waals surface area contributed by atoms with Gasteiger partial charge in [-0.15, -0.1) is 0 Å². The minimum Gasteiger partial charge on any atom is -0.352 e. The molecule has 0 fully saturated rings. The minimum atomic E-state index is -0.661. The second-order valence-electron chi connectivity index (χ2n) is 7.34. The second kappa shape index (κ2) is 11.2. The van der Waals surface area contributed by atoms with E-state index in [9.17, 15) is 9.59 Å². The van der Waals surface area contributed by atoms with Crippen molar-refractivity contribution in [2.45, 2.75) is 58.7 Å². The Morgan fingerprint density at radius 2 is 1.62 bits per heavy atom. The van der Waals surface area contributed by atoms with Crippen LogP contribution in [0.5, 0.6) is 0 Å². The summed E-state index contributed by atoms with van der Waals surface area (Å²) in [5.41, 5.74) is 1.63. The standard InChI is InChI=1S/C23H28Cl2N2O2/c1-4-9-22(28)27(15-18-19(24)12-8-13-20(18)25)21(23(29)26-16(2)3)14-17-10-6-5-7-11-17/h5-8,10-13,16,21H,4,9,14-15H2,1-3H3,(H,26,29)/t21-/m1/s1. The van der Waals surface area contributed by atoms with Crippen LogP contribution in [0.15, 0.2) is 48.5 Å². The van der Waals surface area contributed by atoms with Gasteiger partial charge in [-0.2, -0.15) is 0 Å². The minimum absolute atomic E-state index is 0.0344. The second-order valence-corrected chi connectivity index (χ2v) is 8.16. The van der Waals surface area contributed by atoms with Gasteiger partial charge in [0, 0.05) is 41.0 Å². The van der Waals surface area contributed by atoms with Gasteiger partial charge in [0.1, 0.15) is 6.04 Å². The molecule has 2 rings (SSSR count). The fourth-order valence-electron chi connectivity index (χ4n) is 3.15. The van der Waals surface area contributed by atoms with Crippen molar-refractivity contribution in [2.24, 2.45) is 0 Å². The predicted molar refractivity (Wildman–Crippen MR) is 119 cm³/mol. The molecule has 1 atom stereocenters. The smallest absolute Gasteiger partial charge is 0.243 e. The van der Waals surface area contributed by atoms with E-state index in [0.717, 1.165) is 5.56 Å². The summed E-state index contributed by atoms with van der Waals surface area (Å²) in [6.45, 7) is 5.93. The van der Waals surface area contributed by atoms with E-state index in [1.165, 1.54) is 0 Å². The summed E-state index contributed by atoms with van der Waals surface area (Å²) < 4.78 is 0. The number of carbonyl (C=O) groups is 2. The molecule has 2 aromatic carbocycles. The van der Waals surface area contributed by atoms with Crippen molar-refractivity contribution < 1.29 is 9.59 Å². The highest BCUT2D eigenvalue weighted by Gasteiger charge is 2.31. The Morgan fingerprint density at radius 3 is 2.17 bits per heavy atom. The molecule has 0 aliphatic heterocycles. The number of hydrogen-bond acceptors (Lipinski definition) is 2. The van der Waals surface area contributed by atoms with E-state index in [1.807, 2.05) is 51.1 Å². The lowest BCUT2D eigenvalue weighted by Gasteiger charge is -2.32. The number of nitrogens with zero attached hydrogens (tertiary/aromatic N) is 1. The fourth-order valence-corrected chi connectivity index (χ4v) is 3.66. The zero-order chi connectivity index (χ0) is 21.4. The van der Waals surface area contributed by atoms with Gasteiger partial charge < -0.3 is 10.2 Å². The molecular formula is C23H28Cl2N2O2. The van der Waals surface area contributed by atoms with Crippen LogP contribution in [0.4, 0.5) is 0 Å². The predicted octanol–water partition coefficient (Wildman–Crippen LogP) is 5.26. The number of hydrogen-bond donors (Lipinski definition) is 1. The molecule has 0 aliphatic carbocycles. The topological polar surface area (TPSA) is 49.4 Å². The first kappa shape index (κ1) is 23.2. The van der Waals surface area contributed by atoms with Crippen LogP contribution in [0, 0.1) is 0 Å². The lowest BCUT2D eigenvalue weighted by Crippen LogP contribution is -2.51. The molecule has 6 heteroatoms. The van der Waals surface area contributed by atoms with Crippen molar-refractivity contribution >= 4 is 35.0 Å². The average Bonchev–Trinajstić information content (AvgIpc) is 2.67. The summed E-state index contributed by atoms with van der Waals surface area (Å²) in [5.74, 6) is -0.278. The van der Waals surface area contributed by atoms with Crippen LogP contribution < -0.4 is 5.32 Å². The van der Waals surface area contributed by atoms with Gasteiger partial charge in [-0.05, 0) is 38.0 Å². The average molecular weight is 435 g/mol. The first-order valence-electron chi connectivity index (χ1n) is 9.90. The molecule has 0 radical (unpaired) electrons. The van der Waals surface area contributed by atoms with Gasteiger partial charge in [0.05, 0.1) is 0 Å². The Kier molecular flexibility index (Phi) is 8.99. The monoisotopic (exact) mass is 434 g/mol. The third-order valence-electron chi connectivity index (χ3n) is 4.56. The van der Waals surface area contributed by atoms with Gasteiger partial charge in [-0.3, -0.25) is 9.59 Å². The maximum atomic E-state index is 13.1. The zero-order valence-corrected chi connectivity index (χ0v) is 18.6. The van der Waals surface area contributed by atoms with E-state index in [1.54, 1.807) is 23.1 Å². The number of carbonyl (C=O) groups excluding carboxylic acids is 2. The zero-order valence-electron chi connectivity index (χ0n) is 17.1. The van der Waals surface area contributed by atoms with Gasteiger partial charge in [-0.25, -0.2) is 0 Å². The number of amides is 2. The van der Waals surface area contributed by atoms with E-state index < -0.39 is 6.04 Å². The van der Waals surface area contributed by atoms with Crippen LogP contribution in [-0.4, -0.2) is 28.8 Å².